The van der Waals surface area contributed by atoms with Crippen LogP contribution in [-0.4, -0.2) is 112 Å². The number of amides is 1. The lowest BCUT2D eigenvalue weighted by atomic mass is 9.44. The fourth-order valence-corrected chi connectivity index (χ4v) is 9.61. The van der Waals surface area contributed by atoms with E-state index in [1.807, 2.05) is 5.32 Å². The molecule has 4 aliphatic rings. The molecule has 2 saturated carbocycles. The highest BCUT2D eigenvalue weighted by molar-refractivity contribution is 5.94. The summed E-state index contributed by atoms with van der Waals surface area (Å²) in [5.74, 6) is -5.69. The molecule has 0 radical (unpaired) electrons. The molecule has 3 aliphatic carbocycles. The van der Waals surface area contributed by atoms with Crippen molar-refractivity contribution < 1.29 is 80.1 Å². The maximum Gasteiger partial charge on any atom is 0.408 e. The Bertz CT molecular complexity index is 2290. The number of ether oxygens (including phenoxy) is 6. The van der Waals surface area contributed by atoms with Crippen molar-refractivity contribution >= 4 is 29.8 Å². The summed E-state index contributed by atoms with van der Waals surface area (Å²) in [6.07, 6.45) is -13.1. The first-order chi connectivity index (χ1) is 31.3. The van der Waals surface area contributed by atoms with Gasteiger partial charge in [-0.25, -0.2) is 14.4 Å². The van der Waals surface area contributed by atoms with Crippen molar-refractivity contribution in [1.82, 2.24) is 5.32 Å². The van der Waals surface area contributed by atoms with E-state index in [1.54, 1.807) is 18.2 Å². The minimum Gasteiger partial charge on any atom is -0.456 e. The van der Waals surface area contributed by atoms with Crippen LogP contribution in [0.4, 0.5) is 4.79 Å². The highest BCUT2D eigenvalue weighted by Gasteiger charge is 2.78. The number of aliphatic hydroxyl groups excluding tert-OH is 2. The second-order valence-electron chi connectivity index (χ2n) is 16.4. The zero-order valence-corrected chi connectivity index (χ0v) is 33.3. The van der Waals surface area contributed by atoms with Gasteiger partial charge in [0.1, 0.15) is 35.6 Å². The first-order valence-electron chi connectivity index (χ1n) is 23.5. The summed E-state index contributed by atoms with van der Waals surface area (Å²) in [4.78, 5) is 70.6. The number of methoxy groups -OCH3 is 1. The number of ketones is 1. The molecule has 6 rings (SSSR count). The van der Waals surface area contributed by atoms with Gasteiger partial charge in [0.2, 0.25) is 0 Å². The topological polar surface area (TPSA) is 213 Å². The number of esters is 3. The van der Waals surface area contributed by atoms with Crippen molar-refractivity contribution in [3.63, 3.8) is 0 Å². The number of aliphatic hydroxyl groups is 3. The van der Waals surface area contributed by atoms with Crippen molar-refractivity contribution in [2.45, 2.75) is 127 Å². The fourth-order valence-electron chi connectivity index (χ4n) is 9.61. The first kappa shape index (κ1) is 33.1. The third-order valence-corrected chi connectivity index (χ3v) is 12.6. The predicted octanol–water partition coefficient (Wildman–Crippen LogP) is 3.91. The molecular weight excluding hydrogens is 766 g/mol. The molecule has 1 heterocycles. The van der Waals surface area contributed by atoms with E-state index in [-0.39, 0.29) is 35.3 Å². The average molecular weight is 831 g/mol. The Morgan fingerprint density at radius 2 is 1.63 bits per heavy atom. The second-order valence-corrected chi connectivity index (χ2v) is 16.4. The van der Waals surface area contributed by atoms with Gasteiger partial charge in [0.05, 0.1) is 35.6 Å². The molecule has 15 nitrogen and oxygen atoms in total. The molecule has 0 aromatic heterocycles. The number of carbonyl (C=O) groups is 5. The maximum atomic E-state index is 15.4. The summed E-state index contributed by atoms with van der Waals surface area (Å²) in [7, 11) is 1.20. The second kappa shape index (κ2) is 15.7. The van der Waals surface area contributed by atoms with Crippen LogP contribution >= 0.6 is 0 Å². The molecule has 1 saturated heterocycles. The fraction of sp³-hybridized carbons (Fsp3) is 0.568. The van der Waals surface area contributed by atoms with Crippen LogP contribution < -0.4 is 5.32 Å². The Morgan fingerprint density at radius 1 is 1.00 bits per heavy atom. The average Bonchev–Trinajstić information content (AvgIpc) is 3.23. The van der Waals surface area contributed by atoms with E-state index in [0.717, 1.165) is 6.92 Å². The van der Waals surface area contributed by atoms with Gasteiger partial charge in [0.25, 0.3) is 0 Å². The van der Waals surface area contributed by atoms with Gasteiger partial charge in [-0.1, -0.05) is 62.4 Å². The minimum absolute atomic E-state index is 0.0127. The summed E-state index contributed by atoms with van der Waals surface area (Å²) < 4.78 is 106. The molecule has 2 bridgehead atoms. The van der Waals surface area contributed by atoms with Crippen LogP contribution in [0.15, 0.2) is 71.8 Å². The summed E-state index contributed by atoms with van der Waals surface area (Å²) in [5.41, 5.74) is -11.9. The number of carbonyl (C=O) groups excluding carboxylic acids is 5. The molecule has 59 heavy (non-hydrogen) atoms. The molecular formula is C44H55NO14. The van der Waals surface area contributed by atoms with Gasteiger partial charge in [0, 0.05) is 44.6 Å². The zero-order chi connectivity index (χ0) is 51.0. The smallest absolute Gasteiger partial charge is 0.408 e. The van der Waals surface area contributed by atoms with Crippen molar-refractivity contribution in [3.05, 3.63) is 82.9 Å². The lowest BCUT2D eigenvalue weighted by molar-refractivity contribution is -0.346. The van der Waals surface area contributed by atoms with Crippen molar-refractivity contribution in [3.8, 4) is 0 Å². The van der Waals surface area contributed by atoms with E-state index in [4.69, 9.17) is 40.8 Å². The normalized spacial score (nSPS) is 36.2. The van der Waals surface area contributed by atoms with Gasteiger partial charge in [-0.2, -0.15) is 0 Å². The van der Waals surface area contributed by atoms with Crippen molar-refractivity contribution in [2.75, 3.05) is 13.7 Å². The SMILES string of the molecule is [2H]C([2H])([2H])C(OC(=O)N[C@@H](c1ccccc1)[C@@H](O)C(=O)O[C@H]1C[C@@]2(O)[C@@H](OC(=O)c3ccccc3)[C@@H]3[C@]4(OC(C)=O)CO[C@@H]4C[C@H](O)[C@@]3(C)C(=O)[C@H](OC)C(=C1C)C2(C)C)(C([2H])([2H])[2H])C([2H])([2H])[2H]. The number of hydrogen-bond acceptors (Lipinski definition) is 14. The number of alkyl carbamates (subject to hydrolysis) is 1. The number of nitrogens with one attached hydrogen (secondary N) is 1. The lowest BCUT2D eigenvalue weighted by Gasteiger charge is -2.67. The summed E-state index contributed by atoms with van der Waals surface area (Å²) >= 11 is 0. The quantitative estimate of drug-likeness (QED) is 0.160. The molecule has 0 unspecified atom stereocenters. The molecule has 1 amide bonds. The molecule has 11 atom stereocenters. The van der Waals surface area contributed by atoms with Crippen LogP contribution in [0.25, 0.3) is 0 Å². The first-order valence-corrected chi connectivity index (χ1v) is 19.0. The predicted molar refractivity (Wildman–Crippen MR) is 208 cm³/mol. The summed E-state index contributed by atoms with van der Waals surface area (Å²) in [6, 6.07) is 12.6. The Kier molecular flexibility index (Phi) is 8.83. The Morgan fingerprint density at radius 3 is 2.19 bits per heavy atom. The number of hydrogen-bond donors (Lipinski definition) is 4. The third-order valence-electron chi connectivity index (χ3n) is 12.6. The van der Waals surface area contributed by atoms with E-state index >= 15 is 4.79 Å². The number of Topliss-reactive ketones (excluding diaryl/α,β-unsaturated/α-hetero) is 1. The van der Waals surface area contributed by atoms with Gasteiger partial charge < -0.3 is 49.1 Å². The van der Waals surface area contributed by atoms with Crippen LogP contribution in [0.5, 0.6) is 0 Å². The number of rotatable bonds is 9. The van der Waals surface area contributed by atoms with E-state index in [2.05, 4.69) is 0 Å². The summed E-state index contributed by atoms with van der Waals surface area (Å²) in [5, 5.41) is 39.5. The molecule has 0 spiro atoms. The monoisotopic (exact) mass is 830 g/mol. The Labute approximate surface area is 356 Å². The van der Waals surface area contributed by atoms with Crippen LogP contribution in [0.3, 0.4) is 0 Å². The zero-order valence-electron chi connectivity index (χ0n) is 42.3. The highest BCUT2D eigenvalue weighted by Crippen LogP contribution is 2.64. The Hall–Kier alpha value is -4.67. The number of benzene rings is 2. The van der Waals surface area contributed by atoms with Gasteiger partial charge in [0.15, 0.2) is 17.5 Å². The molecule has 3 fully saturated rings. The molecule has 320 valence electrons. The molecule has 4 N–H and O–H groups in total. The standard InChI is InChI=1S/C44H55NO14/c1-23-27(56-38(51)32(48)31(25-16-12-10-13-17-25)45-39(52)59-40(3,4)5)21-44(53)36(57-37(50)26-18-14-11-15-19-26)34-42(8,35(49)33(54-9)30(23)41(44,6)7)28(47)20-29-43(34,22-55-29)58-24(2)46/h10-19,27-29,31-34,36,47-48,53H,20-22H2,1-9H3,(H,45,52)/t27-,28-,29+,31-,32+,33+,34-,36-,42+,43-,44+/m0/s1/i3D3,4D3,5D3. The van der Waals surface area contributed by atoms with Crippen LogP contribution in [0.1, 0.15) is 102 Å². The van der Waals surface area contributed by atoms with E-state index in [1.165, 1.54) is 77.3 Å². The van der Waals surface area contributed by atoms with E-state index < -0.39 is 133 Å². The van der Waals surface area contributed by atoms with Crippen molar-refractivity contribution in [1.29, 1.82) is 0 Å². The van der Waals surface area contributed by atoms with E-state index in [0.29, 0.717) is 0 Å². The maximum absolute atomic E-state index is 15.4. The van der Waals surface area contributed by atoms with Gasteiger partial charge in [-0.05, 0) is 63.2 Å². The minimum atomic E-state index is -4.09. The van der Waals surface area contributed by atoms with Gasteiger partial charge in [-0.3, -0.25) is 9.59 Å². The molecule has 15 heteroatoms. The largest absolute Gasteiger partial charge is 0.456 e. The van der Waals surface area contributed by atoms with Crippen LogP contribution in [0.2, 0.25) is 0 Å². The van der Waals surface area contributed by atoms with Gasteiger partial charge in [-0.15, -0.1) is 0 Å². The van der Waals surface area contributed by atoms with E-state index in [9.17, 15) is 34.5 Å². The molecule has 2 aromatic carbocycles. The molecule has 1 aliphatic heterocycles. The molecule has 2 aromatic rings. The summed E-state index contributed by atoms with van der Waals surface area (Å²) in [6.45, 7) is -5.20. The number of fused-ring (bicyclic) bond motifs is 5. The van der Waals surface area contributed by atoms with Crippen molar-refractivity contribution in [2.24, 2.45) is 16.7 Å². The third kappa shape index (κ3) is 7.45. The Balaban J connectivity index is 1.48. The van der Waals surface area contributed by atoms with Crippen LogP contribution in [-0.2, 0) is 42.8 Å². The lowest BCUT2D eigenvalue weighted by Crippen LogP contribution is -2.81. The highest BCUT2D eigenvalue weighted by atomic mass is 16.6. The van der Waals surface area contributed by atoms with Gasteiger partial charge >= 0.3 is 24.0 Å². The van der Waals surface area contributed by atoms with Crippen LogP contribution in [0, 0.1) is 16.7 Å².